The lowest BCUT2D eigenvalue weighted by Crippen LogP contribution is -2.28. The summed E-state index contributed by atoms with van der Waals surface area (Å²) >= 11 is 0. The molecule has 0 aromatic heterocycles. The Morgan fingerprint density at radius 2 is 2.11 bits per heavy atom. The monoisotopic (exact) mass is 264 g/mol. The molecule has 2 unspecified atom stereocenters. The van der Waals surface area contributed by atoms with Crippen LogP contribution in [0.2, 0.25) is 0 Å². The zero-order chi connectivity index (χ0) is 14.0. The molecule has 6 nitrogen and oxygen atoms in total. The molecule has 1 aliphatic heterocycles. The number of benzene rings is 1. The molecule has 2 rings (SSSR count). The fourth-order valence-corrected chi connectivity index (χ4v) is 2.20. The maximum Gasteiger partial charge on any atom is 0.337 e. The van der Waals surface area contributed by atoms with E-state index < -0.39 is 5.97 Å². The molecular formula is C13H16N2O4. The lowest BCUT2D eigenvalue weighted by molar-refractivity contribution is -0.120. The van der Waals surface area contributed by atoms with Gasteiger partial charge in [-0.2, -0.15) is 0 Å². The Labute approximate surface area is 110 Å². The van der Waals surface area contributed by atoms with Gasteiger partial charge in [-0.15, -0.1) is 0 Å². The average molecular weight is 264 g/mol. The van der Waals surface area contributed by atoms with Gasteiger partial charge in [-0.25, -0.2) is 4.79 Å². The first-order valence-electron chi connectivity index (χ1n) is 6.07. The second-order valence-corrected chi connectivity index (χ2v) is 4.77. The number of aromatic carboxylic acids is 1. The van der Waals surface area contributed by atoms with E-state index in [0.717, 1.165) is 12.6 Å². The van der Waals surface area contributed by atoms with Gasteiger partial charge in [0.25, 0.3) is 0 Å². The van der Waals surface area contributed by atoms with Crippen LogP contribution in [0.3, 0.4) is 0 Å². The summed E-state index contributed by atoms with van der Waals surface area (Å²) in [5, 5.41) is 24.1. The van der Waals surface area contributed by atoms with Gasteiger partial charge in [0.05, 0.1) is 17.2 Å². The lowest BCUT2D eigenvalue weighted by atomic mass is 9.97. The number of carboxylic acids is 1. The van der Waals surface area contributed by atoms with Crippen molar-refractivity contribution in [3.05, 3.63) is 23.8 Å². The van der Waals surface area contributed by atoms with Crippen LogP contribution < -0.4 is 10.6 Å². The van der Waals surface area contributed by atoms with Crippen molar-refractivity contribution in [2.45, 2.75) is 6.92 Å². The van der Waals surface area contributed by atoms with E-state index >= 15 is 0 Å². The smallest absolute Gasteiger partial charge is 0.337 e. The van der Waals surface area contributed by atoms with E-state index in [9.17, 15) is 14.7 Å². The molecular weight excluding hydrogens is 248 g/mol. The molecule has 0 aliphatic carbocycles. The van der Waals surface area contributed by atoms with E-state index in [1.165, 1.54) is 12.1 Å². The number of carbonyl (C=O) groups is 2. The third kappa shape index (κ3) is 2.85. The Morgan fingerprint density at radius 1 is 1.37 bits per heavy atom. The zero-order valence-corrected chi connectivity index (χ0v) is 10.5. The normalized spacial score (nSPS) is 22.2. The molecule has 0 spiro atoms. The van der Waals surface area contributed by atoms with Crippen LogP contribution in [0.1, 0.15) is 17.3 Å². The fourth-order valence-electron chi connectivity index (χ4n) is 2.20. The molecule has 1 aromatic carbocycles. The number of carboxylic acid groups (broad SMARTS) is 1. The van der Waals surface area contributed by atoms with Gasteiger partial charge in [0.2, 0.25) is 5.91 Å². The molecule has 0 radical (unpaired) electrons. The third-order valence-electron chi connectivity index (χ3n) is 3.35. The molecule has 4 N–H and O–H groups in total. The van der Waals surface area contributed by atoms with Gasteiger partial charge in [-0.1, -0.05) is 6.92 Å². The molecule has 1 saturated heterocycles. The fraction of sp³-hybridized carbons (Fsp3) is 0.385. The number of nitrogens with one attached hydrogen (secondary N) is 2. The van der Waals surface area contributed by atoms with E-state index in [-0.39, 0.29) is 34.7 Å². The van der Waals surface area contributed by atoms with Crippen molar-refractivity contribution in [3.8, 4) is 5.75 Å². The van der Waals surface area contributed by atoms with Crippen LogP contribution in [0.4, 0.5) is 5.69 Å². The summed E-state index contributed by atoms with van der Waals surface area (Å²) in [5.41, 5.74) is 0.0846. The number of amides is 1. The minimum Gasteiger partial charge on any atom is -0.508 e. The third-order valence-corrected chi connectivity index (χ3v) is 3.35. The molecule has 6 heteroatoms. The molecule has 0 saturated carbocycles. The Hall–Kier alpha value is -2.08. The van der Waals surface area contributed by atoms with E-state index in [2.05, 4.69) is 10.6 Å². The summed E-state index contributed by atoms with van der Waals surface area (Å²) in [6.45, 7) is 3.34. The molecule has 1 aromatic rings. The van der Waals surface area contributed by atoms with E-state index in [4.69, 9.17) is 5.11 Å². The highest BCUT2D eigenvalue weighted by Crippen LogP contribution is 2.24. The molecule has 19 heavy (non-hydrogen) atoms. The SMILES string of the molecule is CC1CNCC1C(=O)Nc1ccc(O)cc1C(=O)O. The number of hydrogen-bond donors (Lipinski definition) is 4. The van der Waals surface area contributed by atoms with Crippen LogP contribution in [0.25, 0.3) is 0 Å². The van der Waals surface area contributed by atoms with Crippen molar-refractivity contribution in [1.82, 2.24) is 5.32 Å². The van der Waals surface area contributed by atoms with E-state index in [0.29, 0.717) is 6.54 Å². The first kappa shape index (κ1) is 13.4. The standard InChI is InChI=1S/C13H16N2O4/c1-7-5-14-6-10(7)12(17)15-11-3-2-8(16)4-9(11)13(18)19/h2-4,7,10,14,16H,5-6H2,1H3,(H,15,17)(H,18,19). The Kier molecular flexibility index (Phi) is 3.71. The summed E-state index contributed by atoms with van der Waals surface area (Å²) < 4.78 is 0. The van der Waals surface area contributed by atoms with Gasteiger partial charge in [0.1, 0.15) is 5.75 Å². The first-order chi connectivity index (χ1) is 8.99. The minimum atomic E-state index is -1.19. The van der Waals surface area contributed by atoms with Crippen LogP contribution in [-0.2, 0) is 4.79 Å². The summed E-state index contributed by atoms with van der Waals surface area (Å²) in [4.78, 5) is 23.1. The van der Waals surface area contributed by atoms with Crippen molar-refractivity contribution < 1.29 is 19.8 Å². The molecule has 1 aliphatic rings. The van der Waals surface area contributed by atoms with E-state index in [1.807, 2.05) is 6.92 Å². The predicted molar refractivity (Wildman–Crippen MR) is 69.2 cm³/mol. The molecule has 1 heterocycles. The molecule has 0 bridgehead atoms. The number of phenols is 1. The van der Waals surface area contributed by atoms with Crippen molar-refractivity contribution >= 4 is 17.6 Å². The summed E-state index contributed by atoms with van der Waals surface area (Å²) in [6.07, 6.45) is 0. The van der Waals surface area contributed by atoms with Crippen molar-refractivity contribution in [3.63, 3.8) is 0 Å². The van der Waals surface area contributed by atoms with Crippen LogP contribution in [0.5, 0.6) is 5.75 Å². The van der Waals surface area contributed by atoms with Gasteiger partial charge in [-0.3, -0.25) is 4.79 Å². The number of hydrogen-bond acceptors (Lipinski definition) is 4. The summed E-state index contributed by atoms with van der Waals surface area (Å²) in [7, 11) is 0. The maximum atomic E-state index is 12.1. The van der Waals surface area contributed by atoms with Crippen molar-refractivity contribution in [2.75, 3.05) is 18.4 Å². The predicted octanol–water partition coefficient (Wildman–Crippen LogP) is 0.884. The average Bonchev–Trinajstić information content (AvgIpc) is 2.77. The number of rotatable bonds is 3. The zero-order valence-electron chi connectivity index (χ0n) is 10.5. The highest BCUT2D eigenvalue weighted by atomic mass is 16.4. The van der Waals surface area contributed by atoms with E-state index in [1.54, 1.807) is 0 Å². The summed E-state index contributed by atoms with van der Waals surface area (Å²) in [5.74, 6) is -1.50. The minimum absolute atomic E-state index is 0.119. The Morgan fingerprint density at radius 3 is 2.68 bits per heavy atom. The van der Waals surface area contributed by atoms with Crippen LogP contribution in [0, 0.1) is 11.8 Å². The van der Waals surface area contributed by atoms with Crippen LogP contribution in [0.15, 0.2) is 18.2 Å². The van der Waals surface area contributed by atoms with Gasteiger partial charge in [0, 0.05) is 6.54 Å². The van der Waals surface area contributed by atoms with Crippen molar-refractivity contribution in [2.24, 2.45) is 11.8 Å². The Bertz CT molecular complexity index is 515. The number of anilines is 1. The maximum absolute atomic E-state index is 12.1. The second-order valence-electron chi connectivity index (χ2n) is 4.77. The molecule has 2 atom stereocenters. The number of carbonyl (C=O) groups excluding carboxylic acids is 1. The van der Waals surface area contributed by atoms with Crippen LogP contribution >= 0.6 is 0 Å². The van der Waals surface area contributed by atoms with Gasteiger partial charge >= 0.3 is 5.97 Å². The summed E-state index contributed by atoms with van der Waals surface area (Å²) in [6, 6.07) is 3.86. The highest BCUT2D eigenvalue weighted by molar-refractivity contribution is 6.01. The molecule has 1 fully saturated rings. The highest BCUT2D eigenvalue weighted by Gasteiger charge is 2.30. The van der Waals surface area contributed by atoms with Crippen molar-refractivity contribution in [1.29, 1.82) is 0 Å². The second kappa shape index (κ2) is 5.27. The lowest BCUT2D eigenvalue weighted by Gasteiger charge is -2.15. The Balaban J connectivity index is 2.19. The number of phenolic OH excluding ortho intramolecular Hbond substituents is 1. The van der Waals surface area contributed by atoms with Gasteiger partial charge in [-0.05, 0) is 30.7 Å². The molecule has 102 valence electrons. The molecule has 1 amide bonds. The first-order valence-corrected chi connectivity index (χ1v) is 6.07. The quantitative estimate of drug-likeness (QED) is 0.608. The van der Waals surface area contributed by atoms with Gasteiger partial charge in [0.15, 0.2) is 0 Å². The van der Waals surface area contributed by atoms with Crippen LogP contribution in [-0.4, -0.2) is 35.2 Å². The topological polar surface area (TPSA) is 98.7 Å². The van der Waals surface area contributed by atoms with Gasteiger partial charge < -0.3 is 20.8 Å². The largest absolute Gasteiger partial charge is 0.508 e. The number of aromatic hydroxyl groups is 1.